The normalized spacial score (nSPS) is 16.6. The molecule has 2 rings (SSSR count). The van der Waals surface area contributed by atoms with Gasteiger partial charge in [-0.25, -0.2) is 0 Å². The van der Waals surface area contributed by atoms with Crippen LogP contribution in [0.5, 0.6) is 0 Å². The van der Waals surface area contributed by atoms with Gasteiger partial charge < -0.3 is 0 Å². The van der Waals surface area contributed by atoms with E-state index in [1.807, 2.05) is 18.2 Å². The van der Waals surface area contributed by atoms with Gasteiger partial charge in [-0.3, -0.25) is 4.79 Å². The molecule has 0 unspecified atom stereocenters. The standard InChI is InChI=1S/C11H8Cl2N2O/c12-9-6-7-14-15(11(16)10(9)13)8-4-2-1-3-5-8/h1-5,7H,6H2. The molecular weight excluding hydrogens is 247 g/mol. The highest BCUT2D eigenvalue weighted by atomic mass is 35.5. The Morgan fingerprint density at radius 2 is 1.88 bits per heavy atom. The second-order valence-corrected chi connectivity index (χ2v) is 4.01. The van der Waals surface area contributed by atoms with Gasteiger partial charge in [0.2, 0.25) is 0 Å². The molecule has 0 atom stereocenters. The number of benzene rings is 1. The highest BCUT2D eigenvalue weighted by molar-refractivity contribution is 6.50. The van der Waals surface area contributed by atoms with Crippen molar-refractivity contribution >= 4 is 41.0 Å². The molecule has 0 bridgehead atoms. The number of hydrazone groups is 1. The predicted molar refractivity (Wildman–Crippen MR) is 65.8 cm³/mol. The number of para-hydroxylation sites is 1. The van der Waals surface area contributed by atoms with Gasteiger partial charge in [-0.2, -0.15) is 10.1 Å². The zero-order chi connectivity index (χ0) is 11.5. The smallest absolute Gasteiger partial charge is 0.266 e. The number of carbonyl (C=O) groups is 1. The minimum Gasteiger partial charge on any atom is -0.266 e. The van der Waals surface area contributed by atoms with Crippen LogP contribution in [-0.4, -0.2) is 12.1 Å². The fraction of sp³-hybridized carbons (Fsp3) is 0.0909. The van der Waals surface area contributed by atoms with Crippen LogP contribution in [0.2, 0.25) is 0 Å². The number of hydrogen-bond donors (Lipinski definition) is 0. The molecule has 0 aromatic heterocycles. The Morgan fingerprint density at radius 1 is 1.19 bits per heavy atom. The third-order valence-electron chi connectivity index (χ3n) is 2.09. The van der Waals surface area contributed by atoms with Crippen molar-refractivity contribution in [1.29, 1.82) is 0 Å². The van der Waals surface area contributed by atoms with Gasteiger partial charge in [0.15, 0.2) is 0 Å². The summed E-state index contributed by atoms with van der Waals surface area (Å²) in [7, 11) is 0. The maximum Gasteiger partial charge on any atom is 0.291 e. The van der Waals surface area contributed by atoms with E-state index in [0.29, 0.717) is 17.1 Å². The molecule has 82 valence electrons. The van der Waals surface area contributed by atoms with Gasteiger partial charge in [0.05, 0.1) is 5.69 Å². The van der Waals surface area contributed by atoms with Gasteiger partial charge in [-0.05, 0) is 12.1 Å². The Labute approximate surface area is 103 Å². The summed E-state index contributed by atoms with van der Waals surface area (Å²) in [4.78, 5) is 11.9. The summed E-state index contributed by atoms with van der Waals surface area (Å²) in [5, 5.41) is 5.59. The SMILES string of the molecule is O=C1C(Cl)=C(Cl)CC=NN1c1ccccc1. The molecule has 0 radical (unpaired) electrons. The zero-order valence-electron chi connectivity index (χ0n) is 8.23. The molecule has 0 N–H and O–H groups in total. The molecule has 1 aliphatic heterocycles. The molecule has 0 saturated carbocycles. The van der Waals surface area contributed by atoms with Crippen LogP contribution in [0.4, 0.5) is 5.69 Å². The monoisotopic (exact) mass is 254 g/mol. The molecule has 1 aliphatic rings. The van der Waals surface area contributed by atoms with Crippen molar-refractivity contribution in [1.82, 2.24) is 0 Å². The molecule has 1 aromatic carbocycles. The van der Waals surface area contributed by atoms with Crippen molar-refractivity contribution in [3.63, 3.8) is 0 Å². The van der Waals surface area contributed by atoms with Crippen LogP contribution in [0.15, 0.2) is 45.5 Å². The first-order valence-corrected chi connectivity index (χ1v) is 5.42. The van der Waals surface area contributed by atoms with Crippen LogP contribution in [-0.2, 0) is 4.79 Å². The van der Waals surface area contributed by atoms with E-state index < -0.39 is 5.91 Å². The van der Waals surface area contributed by atoms with E-state index in [1.54, 1.807) is 18.3 Å². The average molecular weight is 255 g/mol. The van der Waals surface area contributed by atoms with Crippen LogP contribution < -0.4 is 5.01 Å². The second-order valence-electron chi connectivity index (χ2n) is 3.17. The largest absolute Gasteiger partial charge is 0.291 e. The quantitative estimate of drug-likeness (QED) is 0.758. The molecule has 1 amide bonds. The number of halogens is 2. The third-order valence-corrected chi connectivity index (χ3v) is 2.92. The van der Waals surface area contributed by atoms with E-state index in [-0.39, 0.29) is 5.03 Å². The van der Waals surface area contributed by atoms with Crippen molar-refractivity contribution in [2.75, 3.05) is 5.01 Å². The number of rotatable bonds is 1. The van der Waals surface area contributed by atoms with Crippen LogP contribution >= 0.6 is 23.2 Å². The highest BCUT2D eigenvalue weighted by Crippen LogP contribution is 2.25. The number of hydrogen-bond acceptors (Lipinski definition) is 2. The lowest BCUT2D eigenvalue weighted by molar-refractivity contribution is -0.114. The number of carbonyl (C=O) groups excluding carboxylic acids is 1. The Hall–Kier alpha value is -1.32. The minimum absolute atomic E-state index is 0.0167. The van der Waals surface area contributed by atoms with Gasteiger partial charge in [0, 0.05) is 17.7 Å². The number of anilines is 1. The number of amides is 1. The Bertz CT molecular complexity index is 468. The Balaban J connectivity index is 2.40. The average Bonchev–Trinajstić information content (AvgIpc) is 2.44. The fourth-order valence-corrected chi connectivity index (χ4v) is 1.61. The first-order valence-electron chi connectivity index (χ1n) is 4.66. The summed E-state index contributed by atoms with van der Waals surface area (Å²) in [6, 6.07) is 9.06. The maximum absolute atomic E-state index is 11.9. The van der Waals surface area contributed by atoms with Crippen LogP contribution in [0.1, 0.15) is 6.42 Å². The lowest BCUT2D eigenvalue weighted by atomic mass is 10.3. The first kappa shape index (κ1) is 11.2. The second kappa shape index (κ2) is 4.68. The number of allylic oxidation sites excluding steroid dienone is 1. The van der Waals surface area contributed by atoms with Crippen LogP contribution in [0, 0.1) is 0 Å². The molecule has 1 heterocycles. The molecule has 0 fully saturated rings. The van der Waals surface area contributed by atoms with Gasteiger partial charge in [0.1, 0.15) is 5.03 Å². The van der Waals surface area contributed by atoms with Gasteiger partial charge >= 0.3 is 0 Å². The highest BCUT2D eigenvalue weighted by Gasteiger charge is 2.22. The summed E-state index contributed by atoms with van der Waals surface area (Å²) < 4.78 is 0. The van der Waals surface area contributed by atoms with Gasteiger partial charge in [-0.15, -0.1) is 0 Å². The van der Waals surface area contributed by atoms with Crippen LogP contribution in [0.3, 0.4) is 0 Å². The molecule has 0 saturated heterocycles. The van der Waals surface area contributed by atoms with E-state index in [1.165, 1.54) is 5.01 Å². The Kier molecular flexibility index (Phi) is 3.27. The molecule has 3 nitrogen and oxygen atoms in total. The van der Waals surface area contributed by atoms with E-state index in [9.17, 15) is 4.79 Å². The van der Waals surface area contributed by atoms with Gasteiger partial charge in [-0.1, -0.05) is 41.4 Å². The van der Waals surface area contributed by atoms with Gasteiger partial charge in [0.25, 0.3) is 5.91 Å². The lowest BCUT2D eigenvalue weighted by Gasteiger charge is -2.15. The topological polar surface area (TPSA) is 32.7 Å². The molecule has 1 aromatic rings. The van der Waals surface area contributed by atoms with Crippen molar-refractivity contribution in [3.8, 4) is 0 Å². The van der Waals surface area contributed by atoms with E-state index in [2.05, 4.69) is 5.10 Å². The first-order chi connectivity index (χ1) is 7.70. The van der Waals surface area contributed by atoms with E-state index >= 15 is 0 Å². The fourth-order valence-electron chi connectivity index (χ4n) is 1.31. The number of nitrogens with zero attached hydrogens (tertiary/aromatic N) is 2. The van der Waals surface area contributed by atoms with Crippen molar-refractivity contribution < 1.29 is 4.79 Å². The maximum atomic E-state index is 11.9. The van der Waals surface area contributed by atoms with E-state index in [4.69, 9.17) is 23.2 Å². The lowest BCUT2D eigenvalue weighted by Crippen LogP contribution is -2.24. The van der Waals surface area contributed by atoms with Crippen molar-refractivity contribution in [3.05, 3.63) is 40.4 Å². The summed E-state index contributed by atoms with van der Waals surface area (Å²) in [5.74, 6) is -0.411. The zero-order valence-corrected chi connectivity index (χ0v) is 9.74. The minimum atomic E-state index is -0.411. The van der Waals surface area contributed by atoms with Crippen molar-refractivity contribution in [2.45, 2.75) is 6.42 Å². The van der Waals surface area contributed by atoms with Crippen LogP contribution in [0.25, 0.3) is 0 Å². The summed E-state index contributed by atoms with van der Waals surface area (Å²) in [5.41, 5.74) is 0.660. The third kappa shape index (κ3) is 2.10. The molecule has 0 spiro atoms. The summed E-state index contributed by atoms with van der Waals surface area (Å²) in [6.07, 6.45) is 1.93. The Morgan fingerprint density at radius 3 is 2.56 bits per heavy atom. The predicted octanol–water partition coefficient (Wildman–Crippen LogP) is 3.10. The molecular formula is C11H8Cl2N2O. The summed E-state index contributed by atoms with van der Waals surface area (Å²) in [6.45, 7) is 0. The molecule has 5 heteroatoms. The van der Waals surface area contributed by atoms with E-state index in [0.717, 1.165) is 0 Å². The summed E-state index contributed by atoms with van der Waals surface area (Å²) >= 11 is 11.7. The van der Waals surface area contributed by atoms with Crippen molar-refractivity contribution in [2.24, 2.45) is 5.10 Å². The molecule has 0 aliphatic carbocycles. The molecule has 16 heavy (non-hydrogen) atoms.